The molecular formula is C9H8BrFN2. The first kappa shape index (κ1) is 8.81. The van der Waals surface area contributed by atoms with Gasteiger partial charge in [-0.1, -0.05) is 6.07 Å². The molecule has 0 radical (unpaired) electrons. The van der Waals surface area contributed by atoms with Gasteiger partial charge in [-0.25, -0.2) is 4.98 Å². The largest absolute Gasteiger partial charge is 0.274 e. The Morgan fingerprint density at radius 2 is 2.31 bits per heavy atom. The number of halogens is 2. The molecule has 68 valence electrons. The molecule has 1 saturated carbocycles. The second kappa shape index (κ2) is 3.18. The van der Waals surface area contributed by atoms with Crippen molar-refractivity contribution < 1.29 is 4.39 Å². The lowest BCUT2D eigenvalue weighted by Gasteiger charge is -2.07. The maximum atomic E-state index is 12.5. The van der Waals surface area contributed by atoms with E-state index in [-0.39, 0.29) is 5.54 Å². The maximum Gasteiger partial charge on any atom is 0.212 e. The molecule has 1 aromatic rings. The summed E-state index contributed by atoms with van der Waals surface area (Å²) in [6.07, 6.45) is 3.59. The number of pyridine rings is 1. The van der Waals surface area contributed by atoms with Crippen molar-refractivity contribution in [3.05, 3.63) is 29.8 Å². The van der Waals surface area contributed by atoms with Gasteiger partial charge in [0.15, 0.2) is 0 Å². The summed E-state index contributed by atoms with van der Waals surface area (Å²) in [5, 5.41) is 1.61. The van der Waals surface area contributed by atoms with Gasteiger partial charge >= 0.3 is 0 Å². The first-order chi connectivity index (χ1) is 6.27. The van der Waals surface area contributed by atoms with Crippen LogP contribution in [0.5, 0.6) is 0 Å². The molecule has 0 atom stereocenters. The summed E-state index contributed by atoms with van der Waals surface area (Å²) in [5.74, 6) is -0.442. The van der Waals surface area contributed by atoms with Crippen LogP contribution in [0.3, 0.4) is 0 Å². The van der Waals surface area contributed by atoms with Crippen LogP contribution in [0.1, 0.15) is 18.4 Å². The van der Waals surface area contributed by atoms with Crippen molar-refractivity contribution in [3.8, 4) is 0 Å². The van der Waals surface area contributed by atoms with E-state index < -0.39 is 5.95 Å². The van der Waals surface area contributed by atoms with E-state index in [9.17, 15) is 4.39 Å². The average Bonchev–Trinajstić information content (AvgIpc) is 2.87. The fraction of sp³-hybridized carbons (Fsp3) is 0.333. The van der Waals surface area contributed by atoms with Crippen LogP contribution < -0.4 is 0 Å². The minimum absolute atomic E-state index is 0.121. The average molecular weight is 243 g/mol. The first-order valence-corrected chi connectivity index (χ1v) is 4.94. The number of aliphatic imine (C=N–C) groups is 1. The summed E-state index contributed by atoms with van der Waals surface area (Å²) < 4.78 is 12.5. The Hall–Kier alpha value is -0.770. The third-order valence-corrected chi connectivity index (χ3v) is 2.49. The van der Waals surface area contributed by atoms with Gasteiger partial charge in [0.05, 0.1) is 10.7 Å². The number of rotatable bonds is 2. The normalized spacial score (nSPS) is 19.2. The van der Waals surface area contributed by atoms with Crippen LogP contribution in [0.15, 0.2) is 23.3 Å². The molecule has 0 bridgehead atoms. The van der Waals surface area contributed by atoms with Gasteiger partial charge < -0.3 is 0 Å². The molecule has 2 rings (SSSR count). The monoisotopic (exact) mass is 242 g/mol. The molecule has 1 fully saturated rings. The summed E-state index contributed by atoms with van der Waals surface area (Å²) in [6.45, 7) is 0. The molecule has 0 spiro atoms. The maximum absolute atomic E-state index is 12.5. The Balaban J connectivity index is 2.30. The predicted octanol–water partition coefficient (Wildman–Crippen LogP) is 2.63. The standard InChI is InChI=1S/C9H8BrFN2/c10-6-13-9(3-4-9)7-1-2-8(11)12-5-7/h1-2,5-6H,3-4H2/b13-6+. The predicted molar refractivity (Wildman–Crippen MR) is 52.5 cm³/mol. The molecule has 0 saturated heterocycles. The van der Waals surface area contributed by atoms with E-state index in [0.29, 0.717) is 0 Å². The molecule has 0 aliphatic heterocycles. The Bertz CT molecular complexity index is 330. The fourth-order valence-corrected chi connectivity index (χ4v) is 1.75. The van der Waals surface area contributed by atoms with Gasteiger partial charge in [0, 0.05) is 6.20 Å². The van der Waals surface area contributed by atoms with E-state index in [2.05, 4.69) is 25.9 Å². The fourth-order valence-electron chi connectivity index (χ4n) is 1.36. The lowest BCUT2D eigenvalue weighted by atomic mass is 10.1. The highest BCUT2D eigenvalue weighted by atomic mass is 79.9. The second-order valence-electron chi connectivity index (χ2n) is 3.13. The molecule has 0 N–H and O–H groups in total. The summed E-state index contributed by atoms with van der Waals surface area (Å²) in [5.41, 5.74) is 0.870. The van der Waals surface area contributed by atoms with E-state index in [1.54, 1.807) is 17.4 Å². The molecule has 0 unspecified atom stereocenters. The Labute approximate surface area is 84.0 Å². The van der Waals surface area contributed by atoms with Crippen LogP contribution in [0.2, 0.25) is 0 Å². The van der Waals surface area contributed by atoms with Crippen molar-refractivity contribution in [3.63, 3.8) is 0 Å². The summed E-state index contributed by atoms with van der Waals surface area (Å²) in [6, 6.07) is 3.12. The molecule has 1 aliphatic rings. The molecule has 1 heterocycles. The molecule has 2 nitrogen and oxygen atoms in total. The van der Waals surface area contributed by atoms with E-state index in [0.717, 1.165) is 18.4 Å². The van der Waals surface area contributed by atoms with E-state index in [4.69, 9.17) is 0 Å². The molecular weight excluding hydrogens is 235 g/mol. The topological polar surface area (TPSA) is 25.2 Å². The van der Waals surface area contributed by atoms with Crippen molar-refractivity contribution in [2.24, 2.45) is 4.99 Å². The number of nitrogens with zero attached hydrogens (tertiary/aromatic N) is 2. The van der Waals surface area contributed by atoms with Gasteiger partial charge in [-0.3, -0.25) is 4.99 Å². The van der Waals surface area contributed by atoms with Crippen molar-refractivity contribution in [2.75, 3.05) is 0 Å². The van der Waals surface area contributed by atoms with Crippen molar-refractivity contribution >= 4 is 21.1 Å². The summed E-state index contributed by atoms with van der Waals surface area (Å²) in [7, 11) is 0. The lowest BCUT2D eigenvalue weighted by Crippen LogP contribution is -2.03. The summed E-state index contributed by atoms with van der Waals surface area (Å²) >= 11 is 3.15. The minimum Gasteiger partial charge on any atom is -0.274 e. The lowest BCUT2D eigenvalue weighted by molar-refractivity contribution is 0.579. The third-order valence-electron chi connectivity index (χ3n) is 2.28. The summed E-state index contributed by atoms with van der Waals surface area (Å²) in [4.78, 5) is 7.91. The Kier molecular flexibility index (Phi) is 2.15. The Morgan fingerprint density at radius 1 is 1.54 bits per heavy atom. The van der Waals surface area contributed by atoms with Crippen LogP contribution in [-0.4, -0.2) is 10.1 Å². The highest BCUT2D eigenvalue weighted by Gasteiger charge is 2.44. The Morgan fingerprint density at radius 3 is 2.77 bits per heavy atom. The molecule has 4 heteroatoms. The first-order valence-electron chi connectivity index (χ1n) is 4.03. The van der Waals surface area contributed by atoms with Crippen molar-refractivity contribution in [1.29, 1.82) is 0 Å². The van der Waals surface area contributed by atoms with Crippen LogP contribution in [0, 0.1) is 5.95 Å². The SMILES string of the molecule is Fc1ccc(C2(/N=C/Br)CC2)cn1. The van der Waals surface area contributed by atoms with E-state index >= 15 is 0 Å². The minimum atomic E-state index is -0.442. The van der Waals surface area contributed by atoms with Gasteiger partial charge in [-0.15, -0.1) is 0 Å². The zero-order valence-electron chi connectivity index (χ0n) is 6.87. The van der Waals surface area contributed by atoms with Gasteiger partial charge in [-0.05, 0) is 40.4 Å². The number of hydrogen-bond donors (Lipinski definition) is 0. The molecule has 1 aromatic heterocycles. The van der Waals surface area contributed by atoms with Crippen LogP contribution in [0.4, 0.5) is 4.39 Å². The molecule has 0 amide bonds. The van der Waals surface area contributed by atoms with Crippen molar-refractivity contribution in [2.45, 2.75) is 18.4 Å². The highest BCUT2D eigenvalue weighted by Crippen LogP contribution is 2.49. The second-order valence-corrected chi connectivity index (χ2v) is 3.54. The highest BCUT2D eigenvalue weighted by molar-refractivity contribution is 9.17. The van der Waals surface area contributed by atoms with Gasteiger partial charge in [0.1, 0.15) is 0 Å². The van der Waals surface area contributed by atoms with Crippen molar-refractivity contribution in [1.82, 2.24) is 4.98 Å². The van der Waals surface area contributed by atoms with Crippen LogP contribution >= 0.6 is 15.9 Å². The molecule has 13 heavy (non-hydrogen) atoms. The molecule has 0 aromatic carbocycles. The number of hydrogen-bond acceptors (Lipinski definition) is 2. The van der Waals surface area contributed by atoms with Gasteiger partial charge in [-0.2, -0.15) is 4.39 Å². The van der Waals surface area contributed by atoms with Crippen LogP contribution in [0.25, 0.3) is 0 Å². The van der Waals surface area contributed by atoms with Crippen LogP contribution in [-0.2, 0) is 5.54 Å². The van der Waals surface area contributed by atoms with Gasteiger partial charge in [0.2, 0.25) is 5.95 Å². The van der Waals surface area contributed by atoms with E-state index in [1.807, 2.05) is 0 Å². The third kappa shape index (κ3) is 1.63. The zero-order chi connectivity index (χ0) is 9.31. The molecule has 1 aliphatic carbocycles. The quantitative estimate of drug-likeness (QED) is 0.579. The number of aromatic nitrogens is 1. The van der Waals surface area contributed by atoms with E-state index in [1.165, 1.54) is 6.07 Å². The smallest absolute Gasteiger partial charge is 0.212 e. The zero-order valence-corrected chi connectivity index (χ0v) is 8.46. The van der Waals surface area contributed by atoms with Gasteiger partial charge in [0.25, 0.3) is 0 Å².